The zero-order chi connectivity index (χ0) is 23.2. The summed E-state index contributed by atoms with van der Waals surface area (Å²) in [6.07, 6.45) is 0.695. The molecule has 32 heavy (non-hydrogen) atoms. The molecule has 0 saturated carbocycles. The molecule has 0 aliphatic carbocycles. The van der Waals surface area contributed by atoms with Gasteiger partial charge in [0.25, 0.3) is 5.91 Å². The van der Waals surface area contributed by atoms with Crippen molar-refractivity contribution in [2.75, 3.05) is 6.54 Å². The molecule has 2 heterocycles. The quantitative estimate of drug-likeness (QED) is 0.457. The van der Waals surface area contributed by atoms with Gasteiger partial charge in [0.1, 0.15) is 5.58 Å². The van der Waals surface area contributed by atoms with Gasteiger partial charge in [0, 0.05) is 17.0 Å². The molecule has 6 heteroatoms. The largest absolute Gasteiger partial charge is 0.503 e. The Morgan fingerprint density at radius 2 is 1.81 bits per heavy atom. The summed E-state index contributed by atoms with van der Waals surface area (Å²) >= 11 is 6.05. The zero-order valence-corrected chi connectivity index (χ0v) is 19.4. The van der Waals surface area contributed by atoms with Crippen LogP contribution in [0.3, 0.4) is 0 Å². The number of carbonyl (C=O) groups is 2. The highest BCUT2D eigenvalue weighted by molar-refractivity contribution is 6.31. The maximum absolute atomic E-state index is 13.5. The molecule has 0 bridgehead atoms. The van der Waals surface area contributed by atoms with Gasteiger partial charge in [-0.05, 0) is 47.2 Å². The molecule has 2 aromatic carbocycles. The SMILES string of the molecule is CCCN1C(=O)C(O)=C(C(=O)c2cc3cc(Cl)ccc3o2)C1c1ccc(C(C)(C)C)cc1. The lowest BCUT2D eigenvalue weighted by Crippen LogP contribution is -2.31. The first-order valence-corrected chi connectivity index (χ1v) is 11.1. The van der Waals surface area contributed by atoms with Crippen LogP contribution in [0.1, 0.15) is 61.8 Å². The van der Waals surface area contributed by atoms with Gasteiger partial charge in [-0.1, -0.05) is 63.6 Å². The number of nitrogens with zero attached hydrogens (tertiary/aromatic N) is 1. The predicted octanol–water partition coefficient (Wildman–Crippen LogP) is 6.37. The highest BCUT2D eigenvalue weighted by Crippen LogP contribution is 2.40. The van der Waals surface area contributed by atoms with Crippen molar-refractivity contribution >= 4 is 34.3 Å². The van der Waals surface area contributed by atoms with Crippen LogP contribution in [-0.2, 0) is 10.2 Å². The Bertz CT molecular complexity index is 1230. The van der Waals surface area contributed by atoms with Crippen molar-refractivity contribution in [3.63, 3.8) is 0 Å². The van der Waals surface area contributed by atoms with Crippen molar-refractivity contribution in [2.45, 2.75) is 45.6 Å². The van der Waals surface area contributed by atoms with Crippen molar-refractivity contribution < 1.29 is 19.1 Å². The zero-order valence-electron chi connectivity index (χ0n) is 18.6. The lowest BCUT2D eigenvalue weighted by Gasteiger charge is -2.27. The third kappa shape index (κ3) is 3.82. The number of ketones is 1. The summed E-state index contributed by atoms with van der Waals surface area (Å²) in [7, 11) is 0. The van der Waals surface area contributed by atoms with Crippen LogP contribution in [0.4, 0.5) is 0 Å². The predicted molar refractivity (Wildman–Crippen MR) is 125 cm³/mol. The van der Waals surface area contributed by atoms with Crippen LogP contribution < -0.4 is 0 Å². The van der Waals surface area contributed by atoms with E-state index in [4.69, 9.17) is 16.0 Å². The number of halogens is 1. The van der Waals surface area contributed by atoms with E-state index in [9.17, 15) is 14.7 Å². The molecule has 0 fully saturated rings. The molecule has 1 atom stereocenters. The van der Waals surface area contributed by atoms with Crippen LogP contribution in [0.5, 0.6) is 0 Å². The number of aliphatic hydroxyl groups is 1. The number of hydrogen-bond acceptors (Lipinski definition) is 4. The molecule has 1 aromatic heterocycles. The highest BCUT2D eigenvalue weighted by Gasteiger charge is 2.44. The number of rotatable bonds is 5. The summed E-state index contributed by atoms with van der Waals surface area (Å²) in [5.74, 6) is -1.51. The molecule has 1 unspecified atom stereocenters. The van der Waals surface area contributed by atoms with E-state index < -0.39 is 23.5 Å². The molecule has 4 rings (SSSR count). The van der Waals surface area contributed by atoms with Crippen molar-refractivity contribution in [2.24, 2.45) is 0 Å². The maximum Gasteiger partial charge on any atom is 0.290 e. The van der Waals surface area contributed by atoms with E-state index in [1.165, 1.54) is 0 Å². The monoisotopic (exact) mass is 451 g/mol. The summed E-state index contributed by atoms with van der Waals surface area (Å²) < 4.78 is 5.74. The van der Waals surface area contributed by atoms with E-state index >= 15 is 0 Å². The fourth-order valence-corrected chi connectivity index (χ4v) is 4.31. The minimum absolute atomic E-state index is 0.0285. The van der Waals surface area contributed by atoms with Gasteiger partial charge in [0.2, 0.25) is 5.78 Å². The summed E-state index contributed by atoms with van der Waals surface area (Å²) in [5.41, 5.74) is 2.43. The molecule has 166 valence electrons. The molecule has 0 radical (unpaired) electrons. The Morgan fingerprint density at radius 1 is 1.12 bits per heavy atom. The number of Topliss-reactive ketones (excluding diaryl/α,β-unsaturated/α-hetero) is 1. The lowest BCUT2D eigenvalue weighted by atomic mass is 9.85. The molecule has 0 spiro atoms. The average molecular weight is 452 g/mol. The topological polar surface area (TPSA) is 70.8 Å². The van der Waals surface area contributed by atoms with Crippen molar-refractivity contribution in [1.82, 2.24) is 4.90 Å². The Labute approximate surface area is 192 Å². The number of aliphatic hydroxyl groups excluding tert-OH is 1. The minimum Gasteiger partial charge on any atom is -0.503 e. The van der Waals surface area contributed by atoms with Crippen LogP contribution in [0.25, 0.3) is 11.0 Å². The smallest absolute Gasteiger partial charge is 0.290 e. The normalized spacial score (nSPS) is 17.0. The molecule has 1 N–H and O–H groups in total. The van der Waals surface area contributed by atoms with Crippen LogP contribution >= 0.6 is 11.6 Å². The molecular formula is C26H26ClNO4. The van der Waals surface area contributed by atoms with Gasteiger partial charge in [0.15, 0.2) is 11.5 Å². The second kappa shape index (κ2) is 8.14. The number of furan rings is 1. The van der Waals surface area contributed by atoms with E-state index in [2.05, 4.69) is 20.8 Å². The van der Waals surface area contributed by atoms with Gasteiger partial charge in [-0.15, -0.1) is 0 Å². The Balaban J connectivity index is 1.79. The van der Waals surface area contributed by atoms with Crippen LogP contribution in [0.15, 0.2) is 64.3 Å². The minimum atomic E-state index is -0.680. The molecule has 1 amide bonds. The first-order chi connectivity index (χ1) is 15.1. The van der Waals surface area contributed by atoms with Crippen molar-refractivity contribution in [3.8, 4) is 0 Å². The van der Waals surface area contributed by atoms with E-state index in [-0.39, 0.29) is 16.7 Å². The third-order valence-corrected chi connectivity index (χ3v) is 6.04. The number of fused-ring (bicyclic) bond motifs is 1. The van der Waals surface area contributed by atoms with E-state index in [1.54, 1.807) is 29.2 Å². The molecule has 0 saturated heterocycles. The molecule has 1 aliphatic heterocycles. The first kappa shape index (κ1) is 22.2. The van der Waals surface area contributed by atoms with E-state index in [0.717, 1.165) is 11.1 Å². The second-order valence-electron chi connectivity index (χ2n) is 9.16. The average Bonchev–Trinajstić information content (AvgIpc) is 3.27. The van der Waals surface area contributed by atoms with E-state index in [0.29, 0.717) is 29.0 Å². The molecular weight excluding hydrogens is 426 g/mol. The maximum atomic E-state index is 13.5. The fraction of sp³-hybridized carbons (Fsp3) is 0.308. The summed E-state index contributed by atoms with van der Waals surface area (Å²) in [6.45, 7) is 8.74. The van der Waals surface area contributed by atoms with Gasteiger partial charge in [0.05, 0.1) is 11.6 Å². The molecule has 1 aliphatic rings. The van der Waals surface area contributed by atoms with Gasteiger partial charge in [-0.3, -0.25) is 9.59 Å². The van der Waals surface area contributed by atoms with Gasteiger partial charge in [-0.2, -0.15) is 0 Å². The Kier molecular flexibility index (Phi) is 5.63. The standard InChI is InChI=1S/C26H26ClNO4/c1-5-12-28-22(15-6-8-17(9-7-15)26(2,3)4)21(24(30)25(28)31)23(29)20-14-16-13-18(27)10-11-19(16)32-20/h6-11,13-14,22,30H,5,12H2,1-4H3. The van der Waals surface area contributed by atoms with Gasteiger partial charge in [-0.25, -0.2) is 0 Å². The summed E-state index contributed by atoms with van der Waals surface area (Å²) in [6, 6.07) is 13.8. The lowest BCUT2D eigenvalue weighted by molar-refractivity contribution is -0.129. The third-order valence-electron chi connectivity index (χ3n) is 5.81. The summed E-state index contributed by atoms with van der Waals surface area (Å²) in [4.78, 5) is 27.9. The van der Waals surface area contributed by atoms with Crippen LogP contribution in [0.2, 0.25) is 5.02 Å². The summed E-state index contributed by atoms with van der Waals surface area (Å²) in [5, 5.41) is 11.9. The molecule has 5 nitrogen and oxygen atoms in total. The number of hydrogen-bond donors (Lipinski definition) is 1. The van der Waals surface area contributed by atoms with Gasteiger partial charge >= 0.3 is 0 Å². The van der Waals surface area contributed by atoms with Gasteiger partial charge < -0.3 is 14.4 Å². The molecule has 3 aromatic rings. The highest BCUT2D eigenvalue weighted by atomic mass is 35.5. The van der Waals surface area contributed by atoms with Crippen LogP contribution in [0, 0.1) is 0 Å². The fourth-order valence-electron chi connectivity index (χ4n) is 4.13. The first-order valence-electron chi connectivity index (χ1n) is 10.7. The van der Waals surface area contributed by atoms with Crippen molar-refractivity contribution in [3.05, 3.63) is 81.8 Å². The van der Waals surface area contributed by atoms with Crippen molar-refractivity contribution in [1.29, 1.82) is 0 Å². The number of benzene rings is 2. The van der Waals surface area contributed by atoms with E-state index in [1.807, 2.05) is 31.2 Å². The number of amides is 1. The Hall–Kier alpha value is -3.05. The van der Waals surface area contributed by atoms with Crippen LogP contribution in [-0.4, -0.2) is 28.2 Å². The number of carbonyl (C=O) groups excluding carboxylic acids is 2. The second-order valence-corrected chi connectivity index (χ2v) is 9.59. The Morgan fingerprint density at radius 3 is 2.44 bits per heavy atom.